The summed E-state index contributed by atoms with van der Waals surface area (Å²) in [5.41, 5.74) is 3.45. The van der Waals surface area contributed by atoms with Crippen molar-refractivity contribution < 1.29 is 4.79 Å². The second-order valence-electron chi connectivity index (χ2n) is 4.49. The van der Waals surface area contributed by atoms with Crippen LogP contribution in [0.2, 0.25) is 0 Å². The lowest BCUT2D eigenvalue weighted by atomic mass is 10.2. The Bertz CT molecular complexity index is 395. The Labute approximate surface area is 103 Å². The van der Waals surface area contributed by atoms with Crippen LogP contribution in [0.25, 0.3) is 0 Å². The summed E-state index contributed by atoms with van der Waals surface area (Å²) in [5, 5.41) is 7.64. The minimum Gasteiger partial charge on any atom is -0.349 e. The van der Waals surface area contributed by atoms with Gasteiger partial charge in [-0.1, -0.05) is 0 Å². The molecule has 0 atom stereocenters. The van der Waals surface area contributed by atoms with Gasteiger partial charge in [0.25, 0.3) is 0 Å². The number of hydrogen-bond donors (Lipinski definition) is 1. The first-order chi connectivity index (χ1) is 7.93. The normalized spacial score (nSPS) is 10.6. The van der Waals surface area contributed by atoms with Gasteiger partial charge in [0.2, 0.25) is 5.91 Å². The summed E-state index contributed by atoms with van der Waals surface area (Å²) in [7, 11) is 5.50. The number of carbonyl (C=O) groups is 1. The number of aryl methyl sites for hydroxylation is 2. The van der Waals surface area contributed by atoms with Gasteiger partial charge in [0.15, 0.2) is 0 Å². The number of hydrogen-bond acceptors (Lipinski definition) is 3. The van der Waals surface area contributed by atoms with E-state index in [1.165, 1.54) is 11.3 Å². The lowest BCUT2D eigenvalue weighted by Crippen LogP contribution is -2.26. The van der Waals surface area contributed by atoms with Crippen molar-refractivity contribution in [1.82, 2.24) is 20.0 Å². The Morgan fingerprint density at radius 3 is 2.53 bits per heavy atom. The molecule has 0 aromatic carbocycles. The minimum absolute atomic E-state index is 0.150. The van der Waals surface area contributed by atoms with Crippen LogP contribution in [-0.2, 0) is 18.4 Å². The van der Waals surface area contributed by atoms with Crippen LogP contribution in [0.1, 0.15) is 23.4 Å². The van der Waals surface area contributed by atoms with E-state index in [0.29, 0.717) is 13.0 Å². The average molecular weight is 238 g/mol. The van der Waals surface area contributed by atoms with Crippen molar-refractivity contribution in [2.75, 3.05) is 20.6 Å². The van der Waals surface area contributed by atoms with Crippen LogP contribution in [0.5, 0.6) is 0 Å². The molecule has 5 heteroatoms. The first-order valence-electron chi connectivity index (χ1n) is 5.83. The molecule has 0 fully saturated rings. The van der Waals surface area contributed by atoms with Crippen LogP contribution >= 0.6 is 0 Å². The zero-order valence-electron chi connectivity index (χ0n) is 11.4. The van der Waals surface area contributed by atoms with Crippen molar-refractivity contribution in [3.05, 3.63) is 17.0 Å². The average Bonchev–Trinajstić information content (AvgIpc) is 2.49. The van der Waals surface area contributed by atoms with Gasteiger partial charge in [-0.05, 0) is 13.8 Å². The van der Waals surface area contributed by atoms with Gasteiger partial charge in [-0.25, -0.2) is 0 Å². The van der Waals surface area contributed by atoms with E-state index in [-0.39, 0.29) is 5.91 Å². The predicted molar refractivity (Wildman–Crippen MR) is 67.7 cm³/mol. The van der Waals surface area contributed by atoms with Gasteiger partial charge in [-0.3, -0.25) is 9.48 Å². The molecule has 0 bridgehead atoms. The van der Waals surface area contributed by atoms with Crippen molar-refractivity contribution >= 4 is 5.91 Å². The summed E-state index contributed by atoms with van der Waals surface area (Å²) in [4.78, 5) is 13.0. The smallest absolute Gasteiger partial charge is 0.223 e. The first kappa shape index (κ1) is 13.7. The maximum atomic E-state index is 11.4. The van der Waals surface area contributed by atoms with Gasteiger partial charge in [-0.2, -0.15) is 5.10 Å². The molecular formula is C12H22N4O. The third kappa shape index (κ3) is 3.56. The number of amides is 1. The van der Waals surface area contributed by atoms with Crippen LogP contribution in [-0.4, -0.2) is 41.2 Å². The Hall–Kier alpha value is -1.36. The molecule has 0 aliphatic heterocycles. The van der Waals surface area contributed by atoms with Crippen LogP contribution in [0.3, 0.4) is 0 Å². The highest BCUT2D eigenvalue weighted by Crippen LogP contribution is 2.10. The van der Waals surface area contributed by atoms with Crippen molar-refractivity contribution in [2.24, 2.45) is 7.05 Å². The van der Waals surface area contributed by atoms with Gasteiger partial charge < -0.3 is 10.2 Å². The maximum Gasteiger partial charge on any atom is 0.223 e. The number of nitrogens with zero attached hydrogens (tertiary/aromatic N) is 3. The Morgan fingerprint density at radius 1 is 1.41 bits per heavy atom. The lowest BCUT2D eigenvalue weighted by molar-refractivity contribution is -0.128. The van der Waals surface area contributed by atoms with Gasteiger partial charge in [0.05, 0.1) is 5.69 Å². The molecule has 1 aromatic heterocycles. The molecule has 1 heterocycles. The van der Waals surface area contributed by atoms with Crippen molar-refractivity contribution in [3.63, 3.8) is 0 Å². The highest BCUT2D eigenvalue weighted by Gasteiger charge is 2.09. The molecule has 96 valence electrons. The highest BCUT2D eigenvalue weighted by molar-refractivity contribution is 5.75. The second-order valence-corrected chi connectivity index (χ2v) is 4.49. The van der Waals surface area contributed by atoms with E-state index in [1.54, 1.807) is 19.0 Å². The molecule has 1 aromatic rings. The number of rotatable bonds is 5. The monoisotopic (exact) mass is 238 g/mol. The van der Waals surface area contributed by atoms with E-state index in [1.807, 2.05) is 18.7 Å². The van der Waals surface area contributed by atoms with E-state index < -0.39 is 0 Å². The second kappa shape index (κ2) is 5.82. The van der Waals surface area contributed by atoms with E-state index in [2.05, 4.69) is 17.3 Å². The molecule has 0 spiro atoms. The maximum absolute atomic E-state index is 11.4. The van der Waals surface area contributed by atoms with Crippen LogP contribution in [0, 0.1) is 13.8 Å². The fourth-order valence-corrected chi connectivity index (χ4v) is 1.71. The van der Waals surface area contributed by atoms with E-state index in [9.17, 15) is 4.79 Å². The molecule has 0 aliphatic carbocycles. The minimum atomic E-state index is 0.150. The fraction of sp³-hybridized carbons (Fsp3) is 0.667. The van der Waals surface area contributed by atoms with Crippen LogP contribution in [0.4, 0.5) is 0 Å². The molecule has 0 radical (unpaired) electrons. The molecule has 0 saturated heterocycles. The van der Waals surface area contributed by atoms with Crippen LogP contribution < -0.4 is 5.32 Å². The number of aromatic nitrogens is 2. The third-order valence-corrected chi connectivity index (χ3v) is 2.98. The molecule has 1 rings (SSSR count). The standard InChI is InChI=1S/C12H22N4O/c1-9-11(10(2)16(5)14-9)8-13-7-6-12(17)15(3)4/h13H,6-8H2,1-5H3. The summed E-state index contributed by atoms with van der Waals surface area (Å²) in [6.45, 7) is 5.54. The predicted octanol–water partition coefficient (Wildman–Crippen LogP) is 0.605. The van der Waals surface area contributed by atoms with Gasteiger partial charge in [0, 0.05) is 51.9 Å². The Morgan fingerprint density at radius 2 is 2.06 bits per heavy atom. The van der Waals surface area contributed by atoms with Crippen LogP contribution in [0.15, 0.2) is 0 Å². The molecule has 5 nitrogen and oxygen atoms in total. The molecule has 0 unspecified atom stereocenters. The summed E-state index contributed by atoms with van der Waals surface area (Å²) in [5.74, 6) is 0.150. The van der Waals surface area contributed by atoms with Gasteiger partial charge >= 0.3 is 0 Å². The van der Waals surface area contributed by atoms with Crippen molar-refractivity contribution in [1.29, 1.82) is 0 Å². The molecule has 0 aliphatic rings. The fourth-order valence-electron chi connectivity index (χ4n) is 1.71. The lowest BCUT2D eigenvalue weighted by Gasteiger charge is -2.10. The first-order valence-corrected chi connectivity index (χ1v) is 5.83. The van der Waals surface area contributed by atoms with E-state index in [4.69, 9.17) is 0 Å². The summed E-state index contributed by atoms with van der Waals surface area (Å²) < 4.78 is 1.89. The van der Waals surface area contributed by atoms with Gasteiger partial charge in [0.1, 0.15) is 0 Å². The van der Waals surface area contributed by atoms with E-state index >= 15 is 0 Å². The molecule has 0 saturated carbocycles. The largest absolute Gasteiger partial charge is 0.349 e. The molecule has 1 amide bonds. The van der Waals surface area contributed by atoms with E-state index in [0.717, 1.165) is 12.2 Å². The summed E-state index contributed by atoms with van der Waals surface area (Å²) in [6, 6.07) is 0. The summed E-state index contributed by atoms with van der Waals surface area (Å²) in [6.07, 6.45) is 0.533. The molecule has 17 heavy (non-hydrogen) atoms. The zero-order chi connectivity index (χ0) is 13.0. The van der Waals surface area contributed by atoms with Crippen molar-refractivity contribution in [2.45, 2.75) is 26.8 Å². The highest BCUT2D eigenvalue weighted by atomic mass is 16.2. The molecule has 1 N–H and O–H groups in total. The summed E-state index contributed by atoms with van der Waals surface area (Å²) >= 11 is 0. The topological polar surface area (TPSA) is 50.2 Å². The quantitative estimate of drug-likeness (QED) is 0.764. The number of nitrogens with one attached hydrogen (secondary N) is 1. The third-order valence-electron chi connectivity index (χ3n) is 2.98. The van der Waals surface area contributed by atoms with Crippen molar-refractivity contribution in [3.8, 4) is 0 Å². The SMILES string of the molecule is Cc1nn(C)c(C)c1CNCCC(=O)N(C)C. The van der Waals surface area contributed by atoms with Gasteiger partial charge in [-0.15, -0.1) is 0 Å². The number of carbonyl (C=O) groups excluding carboxylic acids is 1. The molecular weight excluding hydrogens is 216 g/mol. The Kier molecular flexibility index (Phi) is 4.69. The Balaban J connectivity index is 2.39. The zero-order valence-corrected chi connectivity index (χ0v) is 11.4.